The Morgan fingerprint density at radius 1 is 1.67 bits per heavy atom. The summed E-state index contributed by atoms with van der Waals surface area (Å²) in [5, 5.41) is 7.84. The van der Waals surface area contributed by atoms with Crippen LogP contribution < -0.4 is 5.73 Å². The van der Waals surface area contributed by atoms with Crippen molar-refractivity contribution in [2.45, 2.75) is 37.5 Å². The molecule has 86 valence electrons. The average Bonchev–Trinajstić information content (AvgIpc) is 2.19. The van der Waals surface area contributed by atoms with Crippen LogP contribution in [0.2, 0.25) is 0 Å². The Morgan fingerprint density at radius 3 is 2.80 bits per heavy atom. The fourth-order valence-corrected chi connectivity index (χ4v) is 3.45. The number of piperidine rings is 1. The molecular formula is C9H17N3O2S. The topological polar surface area (TPSA) is 87.2 Å². The van der Waals surface area contributed by atoms with E-state index in [1.165, 1.54) is 4.31 Å². The van der Waals surface area contributed by atoms with Crippen LogP contribution in [-0.4, -0.2) is 37.1 Å². The minimum Gasteiger partial charge on any atom is -0.327 e. The van der Waals surface area contributed by atoms with E-state index in [1.54, 1.807) is 6.92 Å². The van der Waals surface area contributed by atoms with Crippen LogP contribution in [0.15, 0.2) is 0 Å². The van der Waals surface area contributed by atoms with Crippen LogP contribution >= 0.6 is 0 Å². The van der Waals surface area contributed by atoms with Gasteiger partial charge in [0.2, 0.25) is 10.0 Å². The Hall–Kier alpha value is -0.640. The van der Waals surface area contributed by atoms with Gasteiger partial charge in [-0.3, -0.25) is 0 Å². The van der Waals surface area contributed by atoms with Gasteiger partial charge in [-0.15, -0.1) is 0 Å². The quantitative estimate of drug-likeness (QED) is 0.743. The second-order valence-electron chi connectivity index (χ2n) is 3.83. The molecule has 0 aromatic carbocycles. The van der Waals surface area contributed by atoms with E-state index in [2.05, 4.69) is 0 Å². The van der Waals surface area contributed by atoms with Crippen molar-refractivity contribution in [2.24, 2.45) is 5.73 Å². The molecule has 1 rings (SSSR count). The van der Waals surface area contributed by atoms with E-state index in [9.17, 15) is 8.42 Å². The summed E-state index contributed by atoms with van der Waals surface area (Å²) in [6.45, 7) is 2.55. The highest BCUT2D eigenvalue weighted by atomic mass is 32.2. The van der Waals surface area contributed by atoms with Crippen molar-refractivity contribution < 1.29 is 8.42 Å². The van der Waals surface area contributed by atoms with E-state index in [0.29, 0.717) is 19.5 Å². The van der Waals surface area contributed by atoms with Gasteiger partial charge in [0, 0.05) is 19.1 Å². The summed E-state index contributed by atoms with van der Waals surface area (Å²) < 4.78 is 25.2. The maximum atomic E-state index is 11.9. The number of nitrogens with two attached hydrogens (primary N) is 1. The first-order valence-electron chi connectivity index (χ1n) is 5.16. The molecule has 1 fully saturated rings. The van der Waals surface area contributed by atoms with Crippen LogP contribution in [0, 0.1) is 11.3 Å². The van der Waals surface area contributed by atoms with Crippen molar-refractivity contribution in [1.82, 2.24) is 4.31 Å². The Labute approximate surface area is 90.9 Å². The lowest BCUT2D eigenvalue weighted by molar-refractivity contribution is 0.314. The monoisotopic (exact) mass is 231 g/mol. The summed E-state index contributed by atoms with van der Waals surface area (Å²) in [6.07, 6.45) is 1.96. The van der Waals surface area contributed by atoms with Gasteiger partial charge >= 0.3 is 0 Å². The Bertz CT molecular complexity index is 347. The number of nitriles is 1. The molecule has 15 heavy (non-hydrogen) atoms. The van der Waals surface area contributed by atoms with Gasteiger partial charge in [-0.05, 0) is 19.3 Å². The van der Waals surface area contributed by atoms with Crippen LogP contribution in [0.3, 0.4) is 0 Å². The van der Waals surface area contributed by atoms with Gasteiger partial charge in [0.25, 0.3) is 0 Å². The summed E-state index contributed by atoms with van der Waals surface area (Å²) in [5.74, 6) is 0. The van der Waals surface area contributed by atoms with Crippen molar-refractivity contribution in [3.05, 3.63) is 0 Å². The smallest absolute Gasteiger partial charge is 0.230 e. The first kappa shape index (κ1) is 12.4. The number of hydrogen-bond acceptors (Lipinski definition) is 4. The number of nitrogens with zero attached hydrogens (tertiary/aromatic N) is 2. The Kier molecular flexibility index (Phi) is 4.08. The van der Waals surface area contributed by atoms with Gasteiger partial charge in [0.15, 0.2) is 5.25 Å². The van der Waals surface area contributed by atoms with Crippen molar-refractivity contribution in [1.29, 1.82) is 5.26 Å². The lowest BCUT2D eigenvalue weighted by Crippen LogP contribution is -2.48. The van der Waals surface area contributed by atoms with Gasteiger partial charge in [0.05, 0.1) is 6.07 Å². The van der Waals surface area contributed by atoms with E-state index in [0.717, 1.165) is 12.8 Å². The normalized spacial score (nSPS) is 25.8. The zero-order chi connectivity index (χ0) is 11.5. The molecule has 0 aromatic heterocycles. The zero-order valence-corrected chi connectivity index (χ0v) is 9.70. The van der Waals surface area contributed by atoms with Crippen LogP contribution in [-0.2, 0) is 10.0 Å². The molecule has 1 aliphatic rings. The highest BCUT2D eigenvalue weighted by Crippen LogP contribution is 2.17. The third-order valence-electron chi connectivity index (χ3n) is 2.65. The molecule has 2 unspecified atom stereocenters. The standard InChI is InChI=1S/C9H17N3O2S/c1-2-9(6-10)15(13,14)12-5-3-4-8(11)7-12/h8-9H,2-5,7,11H2,1H3. The maximum Gasteiger partial charge on any atom is 0.230 e. The number of sulfonamides is 1. The fourth-order valence-electron chi connectivity index (χ4n) is 1.75. The molecule has 2 N–H and O–H groups in total. The molecule has 0 bridgehead atoms. The van der Waals surface area contributed by atoms with Gasteiger partial charge in [-0.25, -0.2) is 8.42 Å². The number of hydrogen-bond donors (Lipinski definition) is 1. The highest BCUT2D eigenvalue weighted by Gasteiger charge is 2.33. The summed E-state index contributed by atoms with van der Waals surface area (Å²) in [7, 11) is -3.46. The third-order valence-corrected chi connectivity index (χ3v) is 4.86. The van der Waals surface area contributed by atoms with Gasteiger partial charge in [-0.1, -0.05) is 6.92 Å². The molecule has 2 atom stereocenters. The lowest BCUT2D eigenvalue weighted by atomic mass is 10.1. The van der Waals surface area contributed by atoms with Crippen molar-refractivity contribution in [2.75, 3.05) is 13.1 Å². The lowest BCUT2D eigenvalue weighted by Gasteiger charge is -2.31. The predicted molar refractivity (Wildman–Crippen MR) is 57.4 cm³/mol. The second-order valence-corrected chi connectivity index (χ2v) is 5.95. The summed E-state index contributed by atoms with van der Waals surface area (Å²) in [4.78, 5) is 0. The molecule has 0 aromatic rings. The largest absolute Gasteiger partial charge is 0.327 e. The molecule has 1 saturated heterocycles. The highest BCUT2D eigenvalue weighted by molar-refractivity contribution is 7.90. The number of rotatable bonds is 3. The predicted octanol–water partition coefficient (Wildman–Crippen LogP) is 0.0415. The van der Waals surface area contributed by atoms with E-state index < -0.39 is 15.3 Å². The van der Waals surface area contributed by atoms with Crippen LogP contribution in [0.4, 0.5) is 0 Å². The van der Waals surface area contributed by atoms with Crippen molar-refractivity contribution in [3.63, 3.8) is 0 Å². The molecule has 0 radical (unpaired) electrons. The Balaban J connectivity index is 2.81. The van der Waals surface area contributed by atoms with E-state index in [-0.39, 0.29) is 6.04 Å². The second kappa shape index (κ2) is 4.92. The Morgan fingerprint density at radius 2 is 2.33 bits per heavy atom. The molecule has 0 saturated carbocycles. The maximum absolute atomic E-state index is 11.9. The third kappa shape index (κ3) is 2.68. The summed E-state index contributed by atoms with van der Waals surface area (Å²) in [5.41, 5.74) is 5.72. The van der Waals surface area contributed by atoms with E-state index in [4.69, 9.17) is 11.0 Å². The van der Waals surface area contributed by atoms with Crippen molar-refractivity contribution >= 4 is 10.0 Å². The molecule has 5 nitrogen and oxygen atoms in total. The van der Waals surface area contributed by atoms with Gasteiger partial charge in [0.1, 0.15) is 0 Å². The van der Waals surface area contributed by atoms with Gasteiger partial charge in [-0.2, -0.15) is 9.57 Å². The zero-order valence-electron chi connectivity index (χ0n) is 8.89. The fraction of sp³-hybridized carbons (Fsp3) is 0.889. The van der Waals surface area contributed by atoms with Crippen LogP contribution in [0.25, 0.3) is 0 Å². The van der Waals surface area contributed by atoms with Gasteiger partial charge < -0.3 is 5.73 Å². The molecule has 6 heteroatoms. The molecule has 1 heterocycles. The SMILES string of the molecule is CCC(C#N)S(=O)(=O)N1CCCC(N)C1. The average molecular weight is 231 g/mol. The van der Waals surface area contributed by atoms with E-state index >= 15 is 0 Å². The first-order valence-corrected chi connectivity index (χ1v) is 6.66. The first-order chi connectivity index (χ1) is 7.02. The summed E-state index contributed by atoms with van der Waals surface area (Å²) in [6, 6.07) is 1.74. The molecule has 0 amide bonds. The summed E-state index contributed by atoms with van der Waals surface area (Å²) >= 11 is 0. The molecule has 0 spiro atoms. The minimum absolute atomic E-state index is 0.0928. The van der Waals surface area contributed by atoms with Crippen molar-refractivity contribution in [3.8, 4) is 6.07 Å². The van der Waals surface area contributed by atoms with Crippen LogP contribution in [0.1, 0.15) is 26.2 Å². The van der Waals surface area contributed by atoms with E-state index in [1.807, 2.05) is 6.07 Å². The molecule has 1 aliphatic heterocycles. The van der Waals surface area contributed by atoms with Crippen LogP contribution in [0.5, 0.6) is 0 Å². The molecular weight excluding hydrogens is 214 g/mol. The minimum atomic E-state index is -3.46. The molecule has 0 aliphatic carbocycles.